The Kier molecular flexibility index (Phi) is 4.66. The lowest BCUT2D eigenvalue weighted by Gasteiger charge is -2.15. The zero-order chi connectivity index (χ0) is 19.0. The Morgan fingerprint density at radius 1 is 1.30 bits per heavy atom. The first-order valence-corrected chi connectivity index (χ1v) is 9.30. The molecule has 6 nitrogen and oxygen atoms in total. The summed E-state index contributed by atoms with van der Waals surface area (Å²) in [6, 6.07) is 9.08. The van der Waals surface area contributed by atoms with Crippen molar-refractivity contribution in [2.24, 2.45) is 0 Å². The number of benzene rings is 1. The minimum atomic E-state index is -0.192. The fourth-order valence-electron chi connectivity index (χ4n) is 3.81. The average molecular weight is 365 g/mol. The van der Waals surface area contributed by atoms with E-state index in [1.54, 1.807) is 18.2 Å². The van der Waals surface area contributed by atoms with Crippen LogP contribution in [0.25, 0.3) is 10.9 Å². The molecule has 2 aromatic heterocycles. The van der Waals surface area contributed by atoms with Crippen molar-refractivity contribution in [3.63, 3.8) is 0 Å². The molecule has 1 atom stereocenters. The number of ketones is 1. The molecule has 1 aliphatic heterocycles. The Hall–Kier alpha value is -2.73. The number of hydrogen-bond donors (Lipinski definition) is 0. The van der Waals surface area contributed by atoms with Crippen molar-refractivity contribution in [2.45, 2.75) is 45.9 Å². The van der Waals surface area contributed by atoms with E-state index in [-0.39, 0.29) is 24.0 Å². The van der Waals surface area contributed by atoms with Gasteiger partial charge >= 0.3 is 0 Å². The lowest BCUT2D eigenvalue weighted by molar-refractivity contribution is 0.0948. The Labute approximate surface area is 157 Å². The van der Waals surface area contributed by atoms with E-state index in [1.165, 1.54) is 10.9 Å². The van der Waals surface area contributed by atoms with Gasteiger partial charge in [-0.25, -0.2) is 4.98 Å². The zero-order valence-electron chi connectivity index (χ0n) is 15.6. The van der Waals surface area contributed by atoms with E-state index < -0.39 is 0 Å². The SMILES string of the molecule is Cc1cc(C(=O)Cn2cnc3ccccc3c2=O)c(C)n1CC1CCCO1. The molecule has 4 rings (SSSR count). The molecule has 27 heavy (non-hydrogen) atoms. The highest BCUT2D eigenvalue weighted by molar-refractivity contribution is 5.97. The number of carbonyl (C=O) groups is 1. The van der Waals surface area contributed by atoms with Crippen LogP contribution in [-0.4, -0.2) is 32.6 Å². The van der Waals surface area contributed by atoms with E-state index >= 15 is 0 Å². The van der Waals surface area contributed by atoms with Crippen molar-refractivity contribution in [1.29, 1.82) is 0 Å². The first kappa shape index (κ1) is 17.7. The van der Waals surface area contributed by atoms with Gasteiger partial charge in [-0.05, 0) is 44.9 Å². The van der Waals surface area contributed by atoms with Crippen LogP contribution in [0.4, 0.5) is 0 Å². The van der Waals surface area contributed by atoms with Crippen molar-refractivity contribution < 1.29 is 9.53 Å². The minimum Gasteiger partial charge on any atom is -0.376 e. The molecular formula is C21H23N3O3. The van der Waals surface area contributed by atoms with Crippen LogP contribution in [0.3, 0.4) is 0 Å². The minimum absolute atomic E-state index is 0.0130. The molecule has 0 N–H and O–H groups in total. The van der Waals surface area contributed by atoms with Crippen molar-refractivity contribution in [3.05, 3.63) is 64.0 Å². The van der Waals surface area contributed by atoms with E-state index in [4.69, 9.17) is 4.74 Å². The van der Waals surface area contributed by atoms with E-state index in [9.17, 15) is 9.59 Å². The molecule has 1 aliphatic rings. The van der Waals surface area contributed by atoms with E-state index in [2.05, 4.69) is 9.55 Å². The fraction of sp³-hybridized carbons (Fsp3) is 0.381. The van der Waals surface area contributed by atoms with Crippen LogP contribution in [-0.2, 0) is 17.8 Å². The number of fused-ring (bicyclic) bond motifs is 1. The summed E-state index contributed by atoms with van der Waals surface area (Å²) >= 11 is 0. The molecule has 0 spiro atoms. The largest absolute Gasteiger partial charge is 0.376 e. The Morgan fingerprint density at radius 2 is 2.11 bits per heavy atom. The van der Waals surface area contributed by atoms with Gasteiger partial charge < -0.3 is 9.30 Å². The highest BCUT2D eigenvalue weighted by Crippen LogP contribution is 2.21. The summed E-state index contributed by atoms with van der Waals surface area (Å²) in [6.45, 7) is 5.52. The summed E-state index contributed by atoms with van der Waals surface area (Å²) in [7, 11) is 0. The maximum atomic E-state index is 12.9. The maximum absolute atomic E-state index is 12.9. The predicted octanol–water partition coefficient (Wildman–Crippen LogP) is 2.88. The maximum Gasteiger partial charge on any atom is 0.261 e. The Bertz CT molecular complexity index is 1060. The van der Waals surface area contributed by atoms with Crippen LogP contribution < -0.4 is 5.56 Å². The number of para-hydroxylation sites is 1. The van der Waals surface area contributed by atoms with E-state index in [0.29, 0.717) is 16.5 Å². The topological polar surface area (TPSA) is 66.1 Å². The molecule has 1 saturated heterocycles. The first-order chi connectivity index (χ1) is 13.0. The molecule has 0 aliphatic carbocycles. The molecule has 140 valence electrons. The smallest absolute Gasteiger partial charge is 0.261 e. The zero-order valence-corrected chi connectivity index (χ0v) is 15.6. The molecule has 3 heterocycles. The van der Waals surface area contributed by atoms with E-state index in [0.717, 1.165) is 37.4 Å². The van der Waals surface area contributed by atoms with Gasteiger partial charge in [-0.2, -0.15) is 0 Å². The summed E-state index contributed by atoms with van der Waals surface area (Å²) in [5.41, 5.74) is 3.07. The summed E-state index contributed by atoms with van der Waals surface area (Å²) in [4.78, 5) is 29.8. The van der Waals surface area contributed by atoms with Gasteiger partial charge in [0.2, 0.25) is 0 Å². The van der Waals surface area contributed by atoms with Crippen LogP contribution in [0, 0.1) is 13.8 Å². The van der Waals surface area contributed by atoms with Crippen LogP contribution in [0.2, 0.25) is 0 Å². The predicted molar refractivity (Wildman–Crippen MR) is 103 cm³/mol. The molecule has 1 fully saturated rings. The van der Waals surface area contributed by atoms with Crippen molar-refractivity contribution in [2.75, 3.05) is 6.61 Å². The fourth-order valence-corrected chi connectivity index (χ4v) is 3.81. The molecule has 6 heteroatoms. The Morgan fingerprint density at radius 3 is 2.89 bits per heavy atom. The molecule has 0 bridgehead atoms. The lowest BCUT2D eigenvalue weighted by atomic mass is 10.1. The highest BCUT2D eigenvalue weighted by Gasteiger charge is 2.21. The second-order valence-corrected chi connectivity index (χ2v) is 7.15. The van der Waals surface area contributed by atoms with Gasteiger partial charge in [0, 0.05) is 30.1 Å². The highest BCUT2D eigenvalue weighted by atomic mass is 16.5. The second kappa shape index (κ2) is 7.12. The van der Waals surface area contributed by atoms with Gasteiger partial charge in [0.25, 0.3) is 5.56 Å². The number of carbonyl (C=O) groups excluding carboxylic acids is 1. The summed E-state index contributed by atoms with van der Waals surface area (Å²) in [5.74, 6) is -0.0825. The van der Waals surface area contributed by atoms with Crippen molar-refractivity contribution in [1.82, 2.24) is 14.1 Å². The number of aryl methyl sites for hydroxylation is 1. The number of rotatable bonds is 5. The summed E-state index contributed by atoms with van der Waals surface area (Å²) in [5, 5.41) is 0.525. The standard InChI is InChI=1S/C21H23N3O3/c1-14-10-18(15(2)24(14)11-16-6-5-9-27-16)20(25)12-23-13-22-19-8-4-3-7-17(19)21(23)26/h3-4,7-8,10,13,16H,5-6,9,11-12H2,1-2H3. The summed E-state index contributed by atoms with van der Waals surface area (Å²) < 4.78 is 9.26. The van der Waals surface area contributed by atoms with E-state index in [1.807, 2.05) is 26.0 Å². The molecule has 0 radical (unpaired) electrons. The Balaban J connectivity index is 1.60. The van der Waals surface area contributed by atoms with Gasteiger partial charge in [0.05, 0.1) is 29.9 Å². The van der Waals surface area contributed by atoms with Crippen LogP contribution in [0.5, 0.6) is 0 Å². The van der Waals surface area contributed by atoms with Gasteiger partial charge in [-0.3, -0.25) is 14.2 Å². The lowest BCUT2D eigenvalue weighted by Crippen LogP contribution is -2.25. The van der Waals surface area contributed by atoms with Crippen LogP contribution >= 0.6 is 0 Å². The number of aromatic nitrogens is 3. The van der Waals surface area contributed by atoms with Crippen LogP contribution in [0.1, 0.15) is 34.6 Å². The number of Topliss-reactive ketones (excluding diaryl/α,β-unsaturated/α-hetero) is 1. The quantitative estimate of drug-likeness (QED) is 0.652. The molecular weight excluding hydrogens is 342 g/mol. The van der Waals surface area contributed by atoms with Gasteiger partial charge in [-0.1, -0.05) is 12.1 Å². The molecule has 0 amide bonds. The van der Waals surface area contributed by atoms with Crippen molar-refractivity contribution in [3.8, 4) is 0 Å². The normalized spacial score (nSPS) is 16.9. The third-order valence-electron chi connectivity index (χ3n) is 5.33. The van der Waals surface area contributed by atoms with Gasteiger partial charge in [-0.15, -0.1) is 0 Å². The van der Waals surface area contributed by atoms with Gasteiger partial charge in [0.15, 0.2) is 5.78 Å². The monoisotopic (exact) mass is 365 g/mol. The molecule has 3 aromatic rings. The second-order valence-electron chi connectivity index (χ2n) is 7.15. The van der Waals surface area contributed by atoms with Crippen LogP contribution in [0.15, 0.2) is 41.5 Å². The third-order valence-corrected chi connectivity index (χ3v) is 5.33. The third kappa shape index (κ3) is 3.32. The van der Waals surface area contributed by atoms with Gasteiger partial charge in [0.1, 0.15) is 0 Å². The van der Waals surface area contributed by atoms with Crippen molar-refractivity contribution >= 4 is 16.7 Å². The molecule has 1 aromatic carbocycles. The number of ether oxygens (including phenoxy) is 1. The molecule has 1 unspecified atom stereocenters. The average Bonchev–Trinajstić information content (AvgIpc) is 3.28. The number of hydrogen-bond acceptors (Lipinski definition) is 4. The number of nitrogens with zero attached hydrogens (tertiary/aromatic N) is 3. The first-order valence-electron chi connectivity index (χ1n) is 9.30. The molecule has 0 saturated carbocycles. The summed E-state index contributed by atoms with van der Waals surface area (Å²) in [6.07, 6.45) is 3.81.